The van der Waals surface area contributed by atoms with Gasteiger partial charge in [0.1, 0.15) is 5.75 Å². The molecule has 0 aliphatic carbocycles. The molecule has 2 saturated heterocycles. The minimum atomic E-state index is -0.279. The van der Waals surface area contributed by atoms with Gasteiger partial charge in [0.2, 0.25) is 0 Å². The van der Waals surface area contributed by atoms with Crippen LogP contribution in [0.25, 0.3) is 0 Å². The molecule has 148 valence electrons. The largest absolute Gasteiger partial charge is 0.508 e. The maximum atomic E-state index is 12.5. The molecule has 1 aromatic carbocycles. The second kappa shape index (κ2) is 8.14. The van der Waals surface area contributed by atoms with Crippen LogP contribution in [0.3, 0.4) is 0 Å². The van der Waals surface area contributed by atoms with Crippen LogP contribution in [0.5, 0.6) is 5.75 Å². The minimum absolute atomic E-state index is 0.0659. The Morgan fingerprint density at radius 2 is 1.93 bits per heavy atom. The Bertz CT molecular complexity index is 676. The van der Waals surface area contributed by atoms with Crippen molar-refractivity contribution in [3.05, 3.63) is 29.8 Å². The lowest BCUT2D eigenvalue weighted by Crippen LogP contribution is -2.54. The second-order valence-electron chi connectivity index (χ2n) is 7.52. The summed E-state index contributed by atoms with van der Waals surface area (Å²) in [6.45, 7) is 7.15. The molecule has 8 heteroatoms. The van der Waals surface area contributed by atoms with Gasteiger partial charge in [-0.1, -0.05) is 6.07 Å². The van der Waals surface area contributed by atoms with E-state index in [0.717, 1.165) is 0 Å². The summed E-state index contributed by atoms with van der Waals surface area (Å²) in [5.74, 6) is -0.0718. The number of carbonyl (C=O) groups is 2. The van der Waals surface area contributed by atoms with E-state index in [2.05, 4.69) is 5.32 Å². The first-order valence-corrected chi connectivity index (χ1v) is 9.21. The van der Waals surface area contributed by atoms with Gasteiger partial charge in [0.25, 0.3) is 5.91 Å². The van der Waals surface area contributed by atoms with E-state index in [9.17, 15) is 14.7 Å². The topological polar surface area (TPSA) is 91.3 Å². The first kappa shape index (κ1) is 19.4. The van der Waals surface area contributed by atoms with Crippen molar-refractivity contribution in [1.82, 2.24) is 15.1 Å². The number of aromatic hydroxyl groups is 1. The number of amides is 3. The maximum absolute atomic E-state index is 12.5. The summed E-state index contributed by atoms with van der Waals surface area (Å²) >= 11 is 0. The number of hydrogen-bond acceptors (Lipinski definition) is 5. The molecule has 0 saturated carbocycles. The fourth-order valence-electron chi connectivity index (χ4n) is 3.09. The highest BCUT2D eigenvalue weighted by Gasteiger charge is 2.29. The summed E-state index contributed by atoms with van der Waals surface area (Å²) in [7, 11) is 0. The highest BCUT2D eigenvalue weighted by atomic mass is 16.6. The number of ether oxygens (including phenoxy) is 2. The molecule has 2 aliphatic heterocycles. The van der Waals surface area contributed by atoms with Crippen LogP contribution in [-0.4, -0.2) is 84.5 Å². The number of carbonyl (C=O) groups excluding carboxylic acids is 2. The zero-order valence-electron chi connectivity index (χ0n) is 15.8. The number of piperazine rings is 1. The number of phenolic OH excluding ortho intramolecular Hbond substituents is 1. The Labute approximate surface area is 159 Å². The number of phenols is 1. The third kappa shape index (κ3) is 5.11. The molecule has 8 nitrogen and oxygen atoms in total. The molecule has 0 unspecified atom stereocenters. The van der Waals surface area contributed by atoms with Gasteiger partial charge in [0, 0.05) is 38.3 Å². The van der Waals surface area contributed by atoms with Gasteiger partial charge in [0.15, 0.2) is 0 Å². The molecule has 1 aromatic rings. The monoisotopic (exact) mass is 377 g/mol. The average molecular weight is 377 g/mol. The van der Waals surface area contributed by atoms with Crippen LogP contribution in [0.15, 0.2) is 24.3 Å². The predicted molar refractivity (Wildman–Crippen MR) is 98.8 cm³/mol. The van der Waals surface area contributed by atoms with Gasteiger partial charge in [-0.05, 0) is 32.0 Å². The molecule has 1 atom stereocenters. The normalized spacial score (nSPS) is 22.4. The molecular weight excluding hydrogens is 350 g/mol. The molecule has 2 fully saturated rings. The summed E-state index contributed by atoms with van der Waals surface area (Å²) < 4.78 is 11.4. The molecule has 2 aliphatic rings. The molecule has 3 amide bonds. The maximum Gasteiger partial charge on any atom is 0.317 e. The van der Waals surface area contributed by atoms with Crippen molar-refractivity contribution in [1.29, 1.82) is 0 Å². The second-order valence-corrected chi connectivity index (χ2v) is 7.52. The summed E-state index contributed by atoms with van der Waals surface area (Å²) in [5, 5.41) is 12.4. The number of nitrogens with zero attached hydrogens (tertiary/aromatic N) is 2. The Morgan fingerprint density at radius 1 is 1.22 bits per heavy atom. The van der Waals surface area contributed by atoms with Gasteiger partial charge < -0.3 is 29.7 Å². The van der Waals surface area contributed by atoms with Crippen LogP contribution >= 0.6 is 0 Å². The van der Waals surface area contributed by atoms with Crippen LogP contribution in [-0.2, 0) is 9.47 Å². The number of nitrogens with one attached hydrogen (secondary N) is 1. The molecule has 0 aromatic heterocycles. The Kier molecular flexibility index (Phi) is 5.86. The van der Waals surface area contributed by atoms with Gasteiger partial charge >= 0.3 is 6.03 Å². The van der Waals surface area contributed by atoms with Crippen LogP contribution in [0, 0.1) is 0 Å². The Balaban J connectivity index is 1.42. The molecule has 2 heterocycles. The lowest BCUT2D eigenvalue weighted by Gasteiger charge is -2.36. The third-order valence-electron chi connectivity index (χ3n) is 4.75. The lowest BCUT2D eigenvalue weighted by atomic mass is 10.1. The van der Waals surface area contributed by atoms with E-state index in [1.165, 1.54) is 12.1 Å². The van der Waals surface area contributed by atoms with Crippen molar-refractivity contribution >= 4 is 11.9 Å². The molecule has 27 heavy (non-hydrogen) atoms. The number of hydrogen-bond donors (Lipinski definition) is 2. The van der Waals surface area contributed by atoms with E-state index in [1.807, 2.05) is 13.8 Å². The average Bonchev–Trinajstić information content (AvgIpc) is 2.66. The van der Waals surface area contributed by atoms with Crippen molar-refractivity contribution in [3.63, 3.8) is 0 Å². The zero-order valence-corrected chi connectivity index (χ0v) is 15.8. The van der Waals surface area contributed by atoms with Crippen molar-refractivity contribution < 1.29 is 24.2 Å². The van der Waals surface area contributed by atoms with Crippen LogP contribution < -0.4 is 5.32 Å². The van der Waals surface area contributed by atoms with Gasteiger partial charge in [-0.3, -0.25) is 4.79 Å². The summed E-state index contributed by atoms with van der Waals surface area (Å²) in [6.07, 6.45) is -0.143. The molecule has 2 N–H and O–H groups in total. The fourth-order valence-corrected chi connectivity index (χ4v) is 3.09. The standard InChI is InChI=1S/C19H27N3O5/c1-19(2)13-26-16(12-27-19)11-20-18(25)22-8-6-21(7-9-22)17(24)14-4-3-5-15(23)10-14/h3-5,10,16,23H,6-9,11-13H2,1-2H3,(H,20,25)/t16-/m0/s1. The number of rotatable bonds is 3. The fraction of sp³-hybridized carbons (Fsp3) is 0.579. The van der Waals surface area contributed by atoms with E-state index in [-0.39, 0.29) is 29.4 Å². The van der Waals surface area contributed by atoms with E-state index in [4.69, 9.17) is 9.47 Å². The van der Waals surface area contributed by atoms with E-state index in [1.54, 1.807) is 21.9 Å². The predicted octanol–water partition coefficient (Wildman–Crippen LogP) is 1.05. The van der Waals surface area contributed by atoms with Crippen molar-refractivity contribution in [3.8, 4) is 5.75 Å². The van der Waals surface area contributed by atoms with Crippen molar-refractivity contribution in [2.75, 3.05) is 45.9 Å². The first-order valence-electron chi connectivity index (χ1n) is 9.21. The quantitative estimate of drug-likeness (QED) is 0.822. The SMILES string of the molecule is CC1(C)CO[C@@H](CNC(=O)N2CCN(C(=O)c3cccc(O)c3)CC2)CO1. The van der Waals surface area contributed by atoms with Gasteiger partial charge in [0.05, 0.1) is 24.9 Å². The van der Waals surface area contributed by atoms with Crippen LogP contribution in [0.1, 0.15) is 24.2 Å². The Morgan fingerprint density at radius 3 is 2.56 bits per heavy atom. The van der Waals surface area contributed by atoms with E-state index < -0.39 is 0 Å². The minimum Gasteiger partial charge on any atom is -0.508 e. The molecule has 0 bridgehead atoms. The molecule has 0 spiro atoms. The van der Waals surface area contributed by atoms with Crippen LogP contribution in [0.2, 0.25) is 0 Å². The number of urea groups is 1. The molecule has 3 rings (SSSR count). The zero-order chi connectivity index (χ0) is 19.4. The number of benzene rings is 1. The third-order valence-corrected chi connectivity index (χ3v) is 4.75. The molecular formula is C19H27N3O5. The highest BCUT2D eigenvalue weighted by molar-refractivity contribution is 5.94. The first-order chi connectivity index (χ1) is 12.8. The van der Waals surface area contributed by atoms with Gasteiger partial charge in [-0.25, -0.2) is 4.79 Å². The van der Waals surface area contributed by atoms with Crippen LogP contribution in [0.4, 0.5) is 4.79 Å². The van der Waals surface area contributed by atoms with Crippen molar-refractivity contribution in [2.24, 2.45) is 0 Å². The highest BCUT2D eigenvalue weighted by Crippen LogP contribution is 2.17. The summed E-state index contributed by atoms with van der Waals surface area (Å²) in [4.78, 5) is 28.2. The van der Waals surface area contributed by atoms with Gasteiger partial charge in [-0.15, -0.1) is 0 Å². The molecule has 0 radical (unpaired) electrons. The summed E-state index contributed by atoms with van der Waals surface area (Å²) in [5.41, 5.74) is 0.170. The van der Waals surface area contributed by atoms with Crippen molar-refractivity contribution in [2.45, 2.75) is 25.6 Å². The van der Waals surface area contributed by atoms with E-state index >= 15 is 0 Å². The smallest absolute Gasteiger partial charge is 0.317 e. The lowest BCUT2D eigenvalue weighted by molar-refractivity contribution is -0.172. The van der Waals surface area contributed by atoms with Gasteiger partial charge in [-0.2, -0.15) is 0 Å². The van der Waals surface area contributed by atoms with E-state index in [0.29, 0.717) is 51.5 Å². The summed E-state index contributed by atoms with van der Waals surface area (Å²) in [6, 6.07) is 6.14. The Hall–Kier alpha value is -2.32.